The van der Waals surface area contributed by atoms with Crippen LogP contribution in [0.25, 0.3) is 11.4 Å². The number of carbonyl (C=O) groups is 1. The molecule has 0 aliphatic carbocycles. The van der Waals surface area contributed by atoms with Crippen molar-refractivity contribution < 1.29 is 19.2 Å². The summed E-state index contributed by atoms with van der Waals surface area (Å²) in [5, 5.41) is 13.7. The molecule has 0 amide bonds. The highest BCUT2D eigenvalue weighted by Gasteiger charge is 2.23. The summed E-state index contributed by atoms with van der Waals surface area (Å²) in [6.45, 7) is 0.270. The number of methoxy groups -OCH3 is 1. The highest BCUT2D eigenvalue weighted by molar-refractivity contribution is 5.75. The molecule has 0 radical (unpaired) electrons. The maximum absolute atomic E-state index is 11.8. The summed E-state index contributed by atoms with van der Waals surface area (Å²) in [4.78, 5) is 24.5. The van der Waals surface area contributed by atoms with Crippen LogP contribution >= 0.6 is 0 Å². The van der Waals surface area contributed by atoms with Crippen LogP contribution in [0.2, 0.25) is 0 Å². The zero-order valence-electron chi connectivity index (χ0n) is 16.7. The molecule has 0 fully saturated rings. The van der Waals surface area contributed by atoms with Gasteiger partial charge < -0.3 is 24.7 Å². The van der Waals surface area contributed by atoms with Crippen LogP contribution in [0.3, 0.4) is 0 Å². The molecule has 158 valence electrons. The maximum atomic E-state index is 11.8. The lowest BCUT2D eigenvalue weighted by Crippen LogP contribution is -2.15. The van der Waals surface area contributed by atoms with Gasteiger partial charge in [0.1, 0.15) is 24.0 Å². The summed E-state index contributed by atoms with van der Waals surface area (Å²) in [5.41, 5.74) is 7.58. The Hall–Kier alpha value is -4.21. The lowest BCUT2D eigenvalue weighted by Gasteiger charge is -2.09. The Morgan fingerprint density at radius 1 is 1.23 bits per heavy atom. The van der Waals surface area contributed by atoms with Gasteiger partial charge in [0.2, 0.25) is 11.7 Å². The Morgan fingerprint density at radius 2 is 2.03 bits per heavy atom. The van der Waals surface area contributed by atoms with Crippen LogP contribution in [0.15, 0.2) is 59.6 Å². The number of ether oxygens (including phenoxy) is 1. The number of carboxylic acids is 1. The summed E-state index contributed by atoms with van der Waals surface area (Å²) in [7, 11) is 1.60. The first-order chi connectivity index (χ1) is 15.0. The van der Waals surface area contributed by atoms with Crippen molar-refractivity contribution in [3.05, 3.63) is 72.3 Å². The Morgan fingerprint density at radius 3 is 2.71 bits per heavy atom. The van der Waals surface area contributed by atoms with E-state index in [4.69, 9.17) is 15.0 Å². The summed E-state index contributed by atoms with van der Waals surface area (Å²) < 4.78 is 12.2. The Labute approximate surface area is 177 Å². The van der Waals surface area contributed by atoms with E-state index in [1.807, 2.05) is 24.3 Å². The average molecular weight is 420 g/mol. The van der Waals surface area contributed by atoms with Crippen molar-refractivity contribution in [3.8, 4) is 17.1 Å². The quantitative estimate of drug-likeness (QED) is 0.439. The number of aliphatic carboxylic acids is 1. The fourth-order valence-corrected chi connectivity index (χ4v) is 3.09. The van der Waals surface area contributed by atoms with E-state index in [2.05, 4.69) is 20.1 Å². The van der Waals surface area contributed by atoms with E-state index >= 15 is 0 Å². The first-order valence-electron chi connectivity index (χ1n) is 9.43. The number of nitrogen functional groups attached to an aromatic ring is 1. The molecule has 0 bridgehead atoms. The van der Waals surface area contributed by atoms with Crippen LogP contribution in [0.5, 0.6) is 5.75 Å². The maximum Gasteiger partial charge on any atom is 0.312 e. The number of nitrogens with two attached hydrogens (primary N) is 1. The topological polar surface area (TPSA) is 142 Å². The summed E-state index contributed by atoms with van der Waals surface area (Å²) in [6.07, 6.45) is 5.04. The van der Waals surface area contributed by atoms with E-state index in [1.54, 1.807) is 42.5 Å². The van der Waals surface area contributed by atoms with Crippen LogP contribution < -0.4 is 10.5 Å². The number of hydrogen-bond donors (Lipinski definition) is 2. The fourth-order valence-electron chi connectivity index (χ4n) is 3.09. The van der Waals surface area contributed by atoms with Gasteiger partial charge in [0, 0.05) is 18.0 Å². The lowest BCUT2D eigenvalue weighted by atomic mass is 9.98. The molecule has 0 saturated carbocycles. The predicted octanol–water partition coefficient (Wildman–Crippen LogP) is 2.38. The number of nitrogens with zero attached hydrogens (tertiary/aromatic N) is 5. The highest BCUT2D eigenvalue weighted by atomic mass is 16.5. The van der Waals surface area contributed by atoms with Crippen molar-refractivity contribution in [1.82, 2.24) is 24.7 Å². The monoisotopic (exact) mass is 420 g/mol. The van der Waals surface area contributed by atoms with Gasteiger partial charge >= 0.3 is 5.97 Å². The number of pyridine rings is 1. The van der Waals surface area contributed by atoms with Gasteiger partial charge in [0.15, 0.2) is 0 Å². The molecule has 10 nitrogen and oxygen atoms in total. The van der Waals surface area contributed by atoms with Crippen molar-refractivity contribution in [1.29, 1.82) is 0 Å². The average Bonchev–Trinajstić information content (AvgIpc) is 3.43. The molecule has 0 aliphatic heterocycles. The Balaban J connectivity index is 1.47. The van der Waals surface area contributed by atoms with E-state index in [1.165, 1.54) is 0 Å². The predicted molar refractivity (Wildman–Crippen MR) is 110 cm³/mol. The molecular formula is C21H20N6O4. The van der Waals surface area contributed by atoms with Crippen molar-refractivity contribution >= 4 is 11.8 Å². The van der Waals surface area contributed by atoms with Crippen LogP contribution in [-0.2, 0) is 17.8 Å². The first-order valence-corrected chi connectivity index (χ1v) is 9.43. The van der Waals surface area contributed by atoms with E-state index in [9.17, 15) is 9.90 Å². The molecule has 0 aliphatic rings. The van der Waals surface area contributed by atoms with E-state index in [0.29, 0.717) is 23.2 Å². The largest absolute Gasteiger partial charge is 0.497 e. The summed E-state index contributed by atoms with van der Waals surface area (Å²) >= 11 is 0. The van der Waals surface area contributed by atoms with E-state index in [0.717, 1.165) is 16.9 Å². The minimum atomic E-state index is -0.971. The van der Waals surface area contributed by atoms with Crippen LogP contribution in [0.4, 0.5) is 5.82 Å². The van der Waals surface area contributed by atoms with Crippen LogP contribution in [0, 0.1) is 0 Å². The minimum Gasteiger partial charge on any atom is -0.497 e. The lowest BCUT2D eigenvalue weighted by molar-refractivity contribution is -0.138. The van der Waals surface area contributed by atoms with Crippen molar-refractivity contribution in [2.24, 2.45) is 0 Å². The Kier molecular flexibility index (Phi) is 5.61. The third-order valence-electron chi connectivity index (χ3n) is 4.73. The molecule has 4 aromatic rings. The van der Waals surface area contributed by atoms with Gasteiger partial charge in [0.05, 0.1) is 19.1 Å². The number of hydrogen-bond acceptors (Lipinski definition) is 8. The zero-order valence-corrected chi connectivity index (χ0v) is 16.7. The second-order valence-corrected chi connectivity index (χ2v) is 6.90. The molecule has 1 aromatic carbocycles. The van der Waals surface area contributed by atoms with Gasteiger partial charge in [-0.3, -0.25) is 4.79 Å². The standard InChI is InChI=1S/C21H20N6O4/c1-30-15-5-3-14(4-6-15)20-25-19(31-26-20)11-27-10-17(24-12-27)16(21(28)29)8-13-2-7-18(22)23-9-13/h2-7,9-10,12,16H,8,11H2,1H3,(H2,22,23)(H,28,29). The number of imidazole rings is 1. The van der Waals surface area contributed by atoms with Gasteiger partial charge in [-0.05, 0) is 42.3 Å². The highest BCUT2D eigenvalue weighted by Crippen LogP contribution is 2.22. The molecule has 1 atom stereocenters. The molecule has 0 saturated heterocycles. The minimum absolute atomic E-state index is 0.252. The van der Waals surface area contributed by atoms with Crippen molar-refractivity contribution in [3.63, 3.8) is 0 Å². The summed E-state index contributed by atoms with van der Waals surface area (Å²) in [6, 6.07) is 10.7. The number of benzene rings is 1. The van der Waals surface area contributed by atoms with Crippen LogP contribution in [-0.4, -0.2) is 42.9 Å². The molecular weight excluding hydrogens is 400 g/mol. The molecule has 3 N–H and O–H groups in total. The number of aromatic nitrogens is 5. The van der Waals surface area contributed by atoms with Gasteiger partial charge in [0.25, 0.3) is 0 Å². The first kappa shape index (κ1) is 20.1. The third-order valence-corrected chi connectivity index (χ3v) is 4.73. The smallest absolute Gasteiger partial charge is 0.312 e. The van der Waals surface area contributed by atoms with Crippen molar-refractivity contribution in [2.75, 3.05) is 12.8 Å². The second kappa shape index (κ2) is 8.66. The summed E-state index contributed by atoms with van der Waals surface area (Å²) in [5.74, 6) is 0.169. The SMILES string of the molecule is COc1ccc(-c2noc(Cn3cnc(C(Cc4ccc(N)nc4)C(=O)O)c3)n2)cc1. The van der Waals surface area contributed by atoms with Crippen molar-refractivity contribution in [2.45, 2.75) is 18.9 Å². The van der Waals surface area contributed by atoms with E-state index < -0.39 is 11.9 Å². The molecule has 10 heteroatoms. The molecule has 3 heterocycles. The third kappa shape index (κ3) is 4.69. The molecule has 4 rings (SSSR count). The van der Waals surface area contributed by atoms with Gasteiger partial charge in [-0.25, -0.2) is 9.97 Å². The molecule has 31 heavy (non-hydrogen) atoms. The normalized spacial score (nSPS) is 11.9. The second-order valence-electron chi connectivity index (χ2n) is 6.90. The number of anilines is 1. The number of rotatable bonds is 8. The number of carboxylic acid groups (broad SMARTS) is 1. The van der Waals surface area contributed by atoms with Gasteiger partial charge in [-0.2, -0.15) is 4.98 Å². The molecule has 0 spiro atoms. The Bertz CT molecular complexity index is 1170. The van der Waals surface area contributed by atoms with Gasteiger partial charge in [-0.15, -0.1) is 0 Å². The zero-order chi connectivity index (χ0) is 21.8. The molecule has 1 unspecified atom stereocenters. The van der Waals surface area contributed by atoms with Gasteiger partial charge in [-0.1, -0.05) is 11.2 Å². The van der Waals surface area contributed by atoms with E-state index in [-0.39, 0.29) is 13.0 Å². The molecule has 3 aromatic heterocycles. The fraction of sp³-hybridized carbons (Fsp3) is 0.190. The van der Waals surface area contributed by atoms with Crippen LogP contribution in [0.1, 0.15) is 23.1 Å².